The van der Waals surface area contributed by atoms with Crippen molar-refractivity contribution in [1.82, 2.24) is 29.1 Å². The molecule has 136 valence electrons. The van der Waals surface area contributed by atoms with Crippen molar-refractivity contribution in [3.63, 3.8) is 0 Å². The summed E-state index contributed by atoms with van der Waals surface area (Å²) in [6, 6.07) is 0.207. The first-order chi connectivity index (χ1) is 11.9. The van der Waals surface area contributed by atoms with E-state index in [-0.39, 0.29) is 18.6 Å². The van der Waals surface area contributed by atoms with Crippen LogP contribution in [0.3, 0.4) is 0 Å². The van der Waals surface area contributed by atoms with Gasteiger partial charge < -0.3 is 14.2 Å². The lowest BCUT2D eigenvalue weighted by molar-refractivity contribution is -0.134. The first-order valence-electron chi connectivity index (χ1n) is 8.42. The molecule has 1 aliphatic rings. The highest BCUT2D eigenvalue weighted by Crippen LogP contribution is 2.24. The van der Waals surface area contributed by atoms with Gasteiger partial charge in [-0.1, -0.05) is 0 Å². The molecule has 0 spiro atoms. The van der Waals surface area contributed by atoms with Crippen molar-refractivity contribution in [3.05, 3.63) is 35.7 Å². The third-order valence-electron chi connectivity index (χ3n) is 4.62. The number of ether oxygens (including phenoxy) is 1. The van der Waals surface area contributed by atoms with Crippen molar-refractivity contribution in [3.8, 4) is 0 Å². The van der Waals surface area contributed by atoms with Crippen molar-refractivity contribution in [1.29, 1.82) is 0 Å². The number of aromatic nitrogens is 4. The minimum atomic E-state index is -0.0177. The van der Waals surface area contributed by atoms with Gasteiger partial charge in [0.25, 0.3) is 0 Å². The molecule has 0 bridgehead atoms. The molecule has 8 nitrogen and oxygen atoms in total. The maximum Gasteiger partial charge on any atom is 0.248 e. The Morgan fingerprint density at radius 3 is 2.88 bits per heavy atom. The van der Waals surface area contributed by atoms with Crippen LogP contribution in [0, 0.1) is 0 Å². The van der Waals surface area contributed by atoms with Gasteiger partial charge in [0, 0.05) is 71.2 Å². The van der Waals surface area contributed by atoms with E-state index in [9.17, 15) is 4.79 Å². The average molecular weight is 346 g/mol. The molecule has 3 heterocycles. The molecule has 3 rings (SSSR count). The van der Waals surface area contributed by atoms with Gasteiger partial charge in [0.15, 0.2) is 0 Å². The Morgan fingerprint density at radius 1 is 1.40 bits per heavy atom. The van der Waals surface area contributed by atoms with Crippen LogP contribution < -0.4 is 0 Å². The summed E-state index contributed by atoms with van der Waals surface area (Å²) in [6.07, 6.45) is 6.65. The molecule has 2 aromatic heterocycles. The van der Waals surface area contributed by atoms with E-state index < -0.39 is 0 Å². The van der Waals surface area contributed by atoms with Gasteiger partial charge in [-0.3, -0.25) is 14.4 Å². The molecular weight excluding hydrogens is 320 g/mol. The SMILES string of the molecule is CN(C)C(=O)COCC1Cc2c(ncn2C)CN1Cc1cnn(C)c1. The number of rotatable bonds is 6. The molecule has 0 N–H and O–H groups in total. The smallest absolute Gasteiger partial charge is 0.248 e. The third kappa shape index (κ3) is 4.08. The van der Waals surface area contributed by atoms with Crippen molar-refractivity contribution in [2.75, 3.05) is 27.3 Å². The summed E-state index contributed by atoms with van der Waals surface area (Å²) in [5, 5.41) is 4.25. The molecule has 0 fully saturated rings. The number of likely N-dealkylation sites (N-methyl/N-ethyl adjacent to an activating group) is 1. The highest BCUT2D eigenvalue weighted by molar-refractivity contribution is 5.76. The molecule has 8 heteroatoms. The number of imidazole rings is 1. The van der Waals surface area contributed by atoms with Crippen molar-refractivity contribution in [2.45, 2.75) is 25.6 Å². The van der Waals surface area contributed by atoms with E-state index in [2.05, 4.69) is 19.5 Å². The van der Waals surface area contributed by atoms with Crippen LogP contribution in [0.2, 0.25) is 0 Å². The van der Waals surface area contributed by atoms with Crippen molar-refractivity contribution in [2.24, 2.45) is 14.1 Å². The fourth-order valence-corrected chi connectivity index (χ4v) is 3.12. The van der Waals surface area contributed by atoms with Gasteiger partial charge in [-0.15, -0.1) is 0 Å². The molecular formula is C17H26N6O2. The maximum atomic E-state index is 11.7. The lowest BCUT2D eigenvalue weighted by atomic mass is 10.0. The van der Waals surface area contributed by atoms with Gasteiger partial charge in [-0.2, -0.15) is 5.10 Å². The second-order valence-corrected chi connectivity index (χ2v) is 6.84. The Kier molecular flexibility index (Phi) is 5.19. The molecule has 2 aromatic rings. The molecule has 0 aliphatic carbocycles. The largest absolute Gasteiger partial charge is 0.370 e. The molecule has 0 aromatic carbocycles. The summed E-state index contributed by atoms with van der Waals surface area (Å²) in [5.74, 6) is -0.0177. The molecule has 1 unspecified atom stereocenters. The fourth-order valence-electron chi connectivity index (χ4n) is 3.12. The van der Waals surface area contributed by atoms with Gasteiger partial charge in [-0.05, 0) is 0 Å². The summed E-state index contributed by atoms with van der Waals surface area (Å²) in [7, 11) is 7.42. The van der Waals surface area contributed by atoms with Gasteiger partial charge in [0.2, 0.25) is 5.91 Å². The minimum absolute atomic E-state index is 0.0177. The fraction of sp³-hybridized carbons (Fsp3) is 0.588. The van der Waals surface area contributed by atoms with E-state index in [1.165, 1.54) is 5.69 Å². The number of nitrogens with zero attached hydrogens (tertiary/aromatic N) is 6. The molecule has 1 amide bonds. The van der Waals surface area contributed by atoms with Crippen molar-refractivity contribution < 1.29 is 9.53 Å². The summed E-state index contributed by atoms with van der Waals surface area (Å²) >= 11 is 0. The number of carbonyl (C=O) groups excluding carboxylic acids is 1. The lowest BCUT2D eigenvalue weighted by Crippen LogP contribution is -2.43. The minimum Gasteiger partial charge on any atom is -0.370 e. The Bertz CT molecular complexity index is 735. The van der Waals surface area contributed by atoms with E-state index in [1.54, 1.807) is 19.0 Å². The summed E-state index contributed by atoms with van der Waals surface area (Å²) in [5.41, 5.74) is 3.53. The normalized spacial score (nSPS) is 17.5. The zero-order valence-corrected chi connectivity index (χ0v) is 15.3. The molecule has 0 radical (unpaired) electrons. The second kappa shape index (κ2) is 7.37. The molecule has 25 heavy (non-hydrogen) atoms. The van der Waals surface area contributed by atoms with E-state index >= 15 is 0 Å². The van der Waals surface area contributed by atoms with Crippen LogP contribution in [0.15, 0.2) is 18.7 Å². The van der Waals surface area contributed by atoms with Crippen LogP contribution in [-0.4, -0.2) is 68.4 Å². The number of fused-ring (bicyclic) bond motifs is 1. The molecule has 0 saturated heterocycles. The lowest BCUT2D eigenvalue weighted by Gasteiger charge is -2.35. The monoisotopic (exact) mass is 346 g/mol. The molecule has 1 atom stereocenters. The van der Waals surface area contributed by atoms with Crippen LogP contribution in [0.25, 0.3) is 0 Å². The Hall–Kier alpha value is -2.19. The van der Waals surface area contributed by atoms with Gasteiger partial charge in [-0.25, -0.2) is 4.98 Å². The van der Waals surface area contributed by atoms with Crippen LogP contribution in [-0.2, 0) is 43.1 Å². The third-order valence-corrected chi connectivity index (χ3v) is 4.62. The van der Waals surface area contributed by atoms with Gasteiger partial charge in [0.1, 0.15) is 6.61 Å². The quantitative estimate of drug-likeness (QED) is 0.747. The summed E-state index contributed by atoms with van der Waals surface area (Å²) in [4.78, 5) is 20.2. The number of carbonyl (C=O) groups is 1. The van der Waals surface area contributed by atoms with E-state index in [0.29, 0.717) is 6.61 Å². The number of hydrogen-bond acceptors (Lipinski definition) is 5. The number of amides is 1. The topological polar surface area (TPSA) is 68.4 Å². The number of aryl methyl sites for hydroxylation is 2. The molecule has 0 saturated carbocycles. The Morgan fingerprint density at radius 2 is 2.20 bits per heavy atom. The highest BCUT2D eigenvalue weighted by atomic mass is 16.5. The Balaban J connectivity index is 1.69. The van der Waals surface area contributed by atoms with Crippen LogP contribution >= 0.6 is 0 Å². The standard InChI is InChI=1S/C17H26N6O2/c1-20(2)17(24)11-25-10-14-5-16-15(18-12-21(16)3)9-23(14)8-13-6-19-22(4)7-13/h6-7,12,14H,5,8-11H2,1-4H3. The predicted molar refractivity (Wildman–Crippen MR) is 92.7 cm³/mol. The van der Waals surface area contributed by atoms with Gasteiger partial charge >= 0.3 is 0 Å². The van der Waals surface area contributed by atoms with Gasteiger partial charge in [0.05, 0.1) is 24.8 Å². The van der Waals surface area contributed by atoms with Crippen molar-refractivity contribution >= 4 is 5.91 Å². The first kappa shape index (κ1) is 17.6. The van der Waals surface area contributed by atoms with Crippen LogP contribution in [0.5, 0.6) is 0 Å². The van der Waals surface area contributed by atoms with Crippen LogP contribution in [0.1, 0.15) is 17.0 Å². The average Bonchev–Trinajstić information content (AvgIpc) is 3.13. The Labute approximate surface area is 148 Å². The maximum absolute atomic E-state index is 11.7. The highest BCUT2D eigenvalue weighted by Gasteiger charge is 2.29. The second-order valence-electron chi connectivity index (χ2n) is 6.84. The van der Waals surface area contributed by atoms with Crippen LogP contribution in [0.4, 0.5) is 0 Å². The summed E-state index contributed by atoms with van der Waals surface area (Å²) < 4.78 is 9.61. The zero-order chi connectivity index (χ0) is 18.0. The van der Waals surface area contributed by atoms with E-state index in [4.69, 9.17) is 4.74 Å². The first-order valence-corrected chi connectivity index (χ1v) is 8.42. The zero-order valence-electron chi connectivity index (χ0n) is 15.3. The number of hydrogen-bond donors (Lipinski definition) is 0. The summed E-state index contributed by atoms with van der Waals surface area (Å²) in [6.45, 7) is 2.20. The van der Waals surface area contributed by atoms with E-state index in [1.807, 2.05) is 37.5 Å². The molecule has 1 aliphatic heterocycles. The van der Waals surface area contributed by atoms with E-state index in [0.717, 1.165) is 30.8 Å². The predicted octanol–water partition coefficient (Wildman–Crippen LogP) is 0.185.